The normalized spacial score (nSPS) is 12.1. The van der Waals surface area contributed by atoms with Crippen molar-refractivity contribution in [3.05, 3.63) is 23.2 Å². The molecule has 0 radical (unpaired) electrons. The first-order valence-corrected chi connectivity index (χ1v) is 6.96. The highest BCUT2D eigenvalue weighted by atomic mass is 35.5. The molecular formula is C14H20ClN3O3. The zero-order valence-electron chi connectivity index (χ0n) is 12.3. The topological polar surface area (TPSA) is 96.9 Å². The van der Waals surface area contributed by atoms with Crippen molar-refractivity contribution in [2.24, 2.45) is 16.3 Å². The average Bonchev–Trinajstić information content (AvgIpc) is 2.49. The van der Waals surface area contributed by atoms with Crippen molar-refractivity contribution in [2.45, 2.75) is 26.7 Å². The van der Waals surface area contributed by atoms with Gasteiger partial charge in [0.15, 0.2) is 5.84 Å². The van der Waals surface area contributed by atoms with Gasteiger partial charge in [0.05, 0.1) is 12.8 Å². The van der Waals surface area contributed by atoms with Crippen LogP contribution in [0.1, 0.15) is 26.7 Å². The molecule has 0 aliphatic carbocycles. The highest BCUT2D eigenvalue weighted by Gasteiger charge is 2.40. The lowest BCUT2D eigenvalue weighted by Gasteiger charge is -2.28. The standard InChI is InChI=1S/C14H20ClN3O3/c1-4-14(5-2,12(16)18-20)13(19)17-10-8-9(15)6-7-11(10)21-3/h6-8,20H,4-5H2,1-3H3,(H2,16,18)(H,17,19). The van der Waals surface area contributed by atoms with Gasteiger partial charge in [0.2, 0.25) is 5.91 Å². The number of hydrogen-bond acceptors (Lipinski definition) is 4. The summed E-state index contributed by atoms with van der Waals surface area (Å²) >= 11 is 5.93. The van der Waals surface area contributed by atoms with E-state index in [1.165, 1.54) is 7.11 Å². The maximum Gasteiger partial charge on any atom is 0.238 e. The maximum absolute atomic E-state index is 12.6. The van der Waals surface area contributed by atoms with E-state index < -0.39 is 5.41 Å². The van der Waals surface area contributed by atoms with Gasteiger partial charge in [-0.3, -0.25) is 4.79 Å². The van der Waals surface area contributed by atoms with Gasteiger partial charge in [-0.15, -0.1) is 0 Å². The van der Waals surface area contributed by atoms with Crippen molar-refractivity contribution >= 4 is 29.0 Å². The van der Waals surface area contributed by atoms with Crippen LogP contribution in [0.15, 0.2) is 23.4 Å². The van der Waals surface area contributed by atoms with E-state index in [0.717, 1.165) is 0 Å². The Morgan fingerprint density at radius 3 is 2.57 bits per heavy atom. The van der Waals surface area contributed by atoms with Crippen LogP contribution < -0.4 is 15.8 Å². The molecule has 0 saturated heterocycles. The van der Waals surface area contributed by atoms with Crippen LogP contribution in [0.3, 0.4) is 0 Å². The Kier molecular flexibility index (Phi) is 5.84. The summed E-state index contributed by atoms with van der Waals surface area (Å²) in [4.78, 5) is 12.6. The van der Waals surface area contributed by atoms with Gasteiger partial charge in [-0.2, -0.15) is 0 Å². The lowest BCUT2D eigenvalue weighted by Crippen LogP contribution is -2.46. The summed E-state index contributed by atoms with van der Waals surface area (Å²) < 4.78 is 5.18. The van der Waals surface area contributed by atoms with Gasteiger partial charge < -0.3 is 21.0 Å². The molecule has 0 heterocycles. The smallest absolute Gasteiger partial charge is 0.238 e. The fourth-order valence-corrected chi connectivity index (χ4v) is 2.34. The molecule has 0 aromatic heterocycles. The molecule has 6 nitrogen and oxygen atoms in total. The minimum Gasteiger partial charge on any atom is -0.495 e. The number of nitrogens with zero attached hydrogens (tertiary/aromatic N) is 1. The number of benzene rings is 1. The van der Waals surface area contributed by atoms with E-state index in [4.69, 9.17) is 27.3 Å². The second kappa shape index (κ2) is 7.17. The first-order chi connectivity index (χ1) is 9.94. The molecular weight excluding hydrogens is 294 g/mol. The van der Waals surface area contributed by atoms with Crippen LogP contribution in [-0.2, 0) is 4.79 Å². The monoisotopic (exact) mass is 313 g/mol. The minimum absolute atomic E-state index is 0.119. The number of carbonyl (C=O) groups is 1. The number of nitrogens with one attached hydrogen (secondary N) is 1. The molecule has 0 bridgehead atoms. The molecule has 116 valence electrons. The largest absolute Gasteiger partial charge is 0.495 e. The highest BCUT2D eigenvalue weighted by molar-refractivity contribution is 6.31. The van der Waals surface area contributed by atoms with E-state index in [1.54, 1.807) is 32.0 Å². The molecule has 7 heteroatoms. The number of oxime groups is 1. The van der Waals surface area contributed by atoms with E-state index in [-0.39, 0.29) is 11.7 Å². The molecule has 21 heavy (non-hydrogen) atoms. The van der Waals surface area contributed by atoms with Gasteiger partial charge >= 0.3 is 0 Å². The second-order valence-corrected chi connectivity index (χ2v) is 5.01. The third kappa shape index (κ3) is 3.39. The molecule has 0 spiro atoms. The molecule has 1 rings (SSSR count). The van der Waals surface area contributed by atoms with E-state index in [9.17, 15) is 4.79 Å². The van der Waals surface area contributed by atoms with Gasteiger partial charge in [0, 0.05) is 5.02 Å². The van der Waals surface area contributed by atoms with Crippen LogP contribution in [-0.4, -0.2) is 24.1 Å². The summed E-state index contributed by atoms with van der Waals surface area (Å²) in [6, 6.07) is 4.90. The zero-order chi connectivity index (χ0) is 16.0. The Labute approximate surface area is 128 Å². The average molecular weight is 314 g/mol. The molecule has 0 atom stereocenters. The summed E-state index contributed by atoms with van der Waals surface area (Å²) in [6.45, 7) is 3.60. The Balaban J connectivity index is 3.17. The summed E-state index contributed by atoms with van der Waals surface area (Å²) in [5, 5.41) is 15.1. The van der Waals surface area contributed by atoms with Crippen molar-refractivity contribution in [3.63, 3.8) is 0 Å². The number of ether oxygens (including phenoxy) is 1. The van der Waals surface area contributed by atoms with E-state index >= 15 is 0 Å². The fraction of sp³-hybridized carbons (Fsp3) is 0.429. The Hall–Kier alpha value is -1.95. The summed E-state index contributed by atoms with van der Waals surface area (Å²) in [7, 11) is 1.50. The zero-order valence-corrected chi connectivity index (χ0v) is 13.1. The highest BCUT2D eigenvalue weighted by Crippen LogP contribution is 2.32. The van der Waals surface area contributed by atoms with Crippen molar-refractivity contribution < 1.29 is 14.7 Å². The number of amides is 1. The van der Waals surface area contributed by atoms with Gasteiger partial charge in [-0.1, -0.05) is 30.6 Å². The molecule has 0 saturated carbocycles. The van der Waals surface area contributed by atoms with Crippen LogP contribution in [0.25, 0.3) is 0 Å². The van der Waals surface area contributed by atoms with Crippen LogP contribution in [0.2, 0.25) is 5.02 Å². The third-order valence-electron chi connectivity index (χ3n) is 3.65. The molecule has 1 aromatic carbocycles. The van der Waals surface area contributed by atoms with E-state index in [0.29, 0.717) is 29.3 Å². The number of halogens is 1. The van der Waals surface area contributed by atoms with E-state index in [2.05, 4.69) is 10.5 Å². The number of amidine groups is 1. The van der Waals surface area contributed by atoms with Gasteiger partial charge in [-0.25, -0.2) is 0 Å². The third-order valence-corrected chi connectivity index (χ3v) is 3.88. The number of carbonyl (C=O) groups excluding carboxylic acids is 1. The van der Waals surface area contributed by atoms with Crippen molar-refractivity contribution in [2.75, 3.05) is 12.4 Å². The predicted octanol–water partition coefficient (Wildman–Crippen LogP) is 2.84. The number of rotatable bonds is 6. The van der Waals surface area contributed by atoms with Crippen LogP contribution in [0.5, 0.6) is 5.75 Å². The Morgan fingerprint density at radius 1 is 1.48 bits per heavy atom. The molecule has 0 unspecified atom stereocenters. The van der Waals surface area contributed by atoms with Gasteiger partial charge in [0.1, 0.15) is 11.2 Å². The number of anilines is 1. The van der Waals surface area contributed by atoms with Gasteiger partial charge in [-0.05, 0) is 31.0 Å². The molecule has 1 amide bonds. The number of hydrogen-bond donors (Lipinski definition) is 3. The molecule has 0 fully saturated rings. The summed E-state index contributed by atoms with van der Waals surface area (Å²) in [5.41, 5.74) is 5.07. The number of methoxy groups -OCH3 is 1. The first kappa shape index (κ1) is 17.1. The van der Waals surface area contributed by atoms with Crippen LogP contribution in [0.4, 0.5) is 5.69 Å². The number of nitrogens with two attached hydrogens (primary N) is 1. The summed E-state index contributed by atoms with van der Waals surface area (Å²) in [5.74, 6) is -0.0114. The minimum atomic E-state index is -1.08. The van der Waals surface area contributed by atoms with Crippen LogP contribution in [0, 0.1) is 5.41 Å². The van der Waals surface area contributed by atoms with E-state index in [1.807, 2.05) is 0 Å². The fourth-order valence-electron chi connectivity index (χ4n) is 2.17. The first-order valence-electron chi connectivity index (χ1n) is 6.58. The Bertz CT molecular complexity index is 542. The molecule has 4 N–H and O–H groups in total. The van der Waals surface area contributed by atoms with Crippen molar-refractivity contribution in [1.29, 1.82) is 0 Å². The molecule has 0 aliphatic heterocycles. The lowest BCUT2D eigenvalue weighted by atomic mass is 9.80. The molecule has 1 aromatic rings. The predicted molar refractivity (Wildman–Crippen MR) is 83.1 cm³/mol. The van der Waals surface area contributed by atoms with Crippen LogP contribution >= 0.6 is 11.6 Å². The van der Waals surface area contributed by atoms with Gasteiger partial charge in [0.25, 0.3) is 0 Å². The lowest BCUT2D eigenvalue weighted by molar-refractivity contribution is -0.122. The summed E-state index contributed by atoms with van der Waals surface area (Å²) in [6.07, 6.45) is 0.794. The molecule has 0 aliphatic rings. The Morgan fingerprint density at radius 2 is 2.10 bits per heavy atom. The SMILES string of the molecule is CCC(CC)(C(=O)Nc1cc(Cl)ccc1OC)C(N)=NO. The second-order valence-electron chi connectivity index (χ2n) is 4.57. The van der Waals surface area contributed by atoms with Crippen molar-refractivity contribution in [3.8, 4) is 5.75 Å². The maximum atomic E-state index is 12.6. The van der Waals surface area contributed by atoms with Crippen molar-refractivity contribution in [1.82, 2.24) is 0 Å². The quantitative estimate of drug-likeness (QED) is 0.325.